The number of hydrogen-bond donors (Lipinski definition) is 1. The highest BCUT2D eigenvalue weighted by molar-refractivity contribution is 5.05. The smallest absolute Gasteiger partial charge is 0.0728 e. The Hall–Kier alpha value is -0.900. The Bertz CT molecular complexity index is 348. The van der Waals surface area contributed by atoms with E-state index in [2.05, 4.69) is 20.3 Å². The molecule has 0 amide bonds. The zero-order valence-corrected chi connectivity index (χ0v) is 10.4. The van der Waals surface area contributed by atoms with Gasteiger partial charge in [0.05, 0.1) is 11.9 Å². The van der Waals surface area contributed by atoms with E-state index in [1.807, 2.05) is 6.20 Å². The number of piperidine rings is 1. The SMILES string of the molecule is c1nnn(CC2CCCNC2)c1C1CCCC1. The lowest BCUT2D eigenvalue weighted by Crippen LogP contribution is -2.32. The number of nitrogens with zero attached hydrogens (tertiary/aromatic N) is 3. The molecule has 0 spiro atoms. The van der Waals surface area contributed by atoms with Crippen LogP contribution in [0.1, 0.15) is 50.1 Å². The minimum atomic E-state index is 0.724. The molecule has 1 aliphatic carbocycles. The molecule has 2 heterocycles. The van der Waals surface area contributed by atoms with Crippen LogP contribution in [0.4, 0.5) is 0 Å². The fraction of sp³-hybridized carbons (Fsp3) is 0.846. The van der Waals surface area contributed by atoms with Gasteiger partial charge < -0.3 is 5.32 Å². The summed E-state index contributed by atoms with van der Waals surface area (Å²) in [5.41, 5.74) is 1.38. The van der Waals surface area contributed by atoms with Crippen LogP contribution < -0.4 is 5.32 Å². The van der Waals surface area contributed by atoms with Gasteiger partial charge >= 0.3 is 0 Å². The van der Waals surface area contributed by atoms with Crippen molar-refractivity contribution in [3.63, 3.8) is 0 Å². The van der Waals surface area contributed by atoms with Gasteiger partial charge in [0.2, 0.25) is 0 Å². The molecule has 1 aliphatic heterocycles. The number of rotatable bonds is 3. The predicted octanol–water partition coefficient (Wildman–Crippen LogP) is 1.94. The first-order valence-corrected chi connectivity index (χ1v) is 7.02. The van der Waals surface area contributed by atoms with Gasteiger partial charge in [-0.3, -0.25) is 0 Å². The summed E-state index contributed by atoms with van der Waals surface area (Å²) in [6.45, 7) is 3.38. The van der Waals surface area contributed by atoms with Crippen molar-refractivity contribution in [2.75, 3.05) is 13.1 Å². The van der Waals surface area contributed by atoms with Gasteiger partial charge in [0.1, 0.15) is 0 Å². The summed E-state index contributed by atoms with van der Waals surface area (Å²) in [6.07, 6.45) is 10.0. The first-order chi connectivity index (χ1) is 8.43. The largest absolute Gasteiger partial charge is 0.316 e. The summed E-state index contributed by atoms with van der Waals surface area (Å²) < 4.78 is 2.17. The van der Waals surface area contributed by atoms with E-state index in [0.29, 0.717) is 0 Å². The number of aromatic nitrogens is 3. The molecule has 17 heavy (non-hydrogen) atoms. The Morgan fingerprint density at radius 1 is 1.24 bits per heavy atom. The standard InChI is InChI=1S/C13H22N4/c1-2-6-12(5-1)13-9-15-16-17(13)10-11-4-3-7-14-8-11/h9,11-12,14H,1-8,10H2. The molecule has 1 atom stereocenters. The highest BCUT2D eigenvalue weighted by Crippen LogP contribution is 2.33. The van der Waals surface area contributed by atoms with E-state index in [1.165, 1.54) is 50.8 Å². The minimum Gasteiger partial charge on any atom is -0.316 e. The Morgan fingerprint density at radius 2 is 2.12 bits per heavy atom. The maximum Gasteiger partial charge on any atom is 0.0728 e. The second-order valence-electron chi connectivity index (χ2n) is 5.53. The second-order valence-corrected chi connectivity index (χ2v) is 5.53. The van der Waals surface area contributed by atoms with Crippen LogP contribution in [0.3, 0.4) is 0 Å². The Labute approximate surface area is 103 Å². The second kappa shape index (κ2) is 5.17. The normalized spacial score (nSPS) is 26.5. The average molecular weight is 234 g/mol. The number of nitrogens with one attached hydrogen (secondary N) is 1. The third-order valence-corrected chi connectivity index (χ3v) is 4.25. The molecule has 1 aromatic rings. The molecule has 0 aromatic carbocycles. The van der Waals surface area contributed by atoms with Crippen molar-refractivity contribution in [3.05, 3.63) is 11.9 Å². The third kappa shape index (κ3) is 2.51. The zero-order chi connectivity index (χ0) is 11.5. The average Bonchev–Trinajstić information content (AvgIpc) is 3.00. The fourth-order valence-corrected chi connectivity index (χ4v) is 3.27. The van der Waals surface area contributed by atoms with E-state index >= 15 is 0 Å². The molecular weight excluding hydrogens is 212 g/mol. The maximum absolute atomic E-state index is 4.29. The lowest BCUT2D eigenvalue weighted by molar-refractivity contribution is 0.316. The van der Waals surface area contributed by atoms with Crippen LogP contribution in [0, 0.1) is 5.92 Å². The van der Waals surface area contributed by atoms with Gasteiger partial charge in [-0.05, 0) is 44.7 Å². The molecule has 1 unspecified atom stereocenters. The molecule has 1 N–H and O–H groups in total. The molecule has 1 saturated carbocycles. The molecule has 2 fully saturated rings. The first kappa shape index (κ1) is 11.2. The van der Waals surface area contributed by atoms with Crippen molar-refractivity contribution >= 4 is 0 Å². The topological polar surface area (TPSA) is 42.7 Å². The van der Waals surface area contributed by atoms with E-state index in [1.54, 1.807) is 0 Å². The van der Waals surface area contributed by atoms with Crippen LogP contribution in [0.25, 0.3) is 0 Å². The molecule has 4 heteroatoms. The Balaban J connectivity index is 1.67. The quantitative estimate of drug-likeness (QED) is 0.869. The van der Waals surface area contributed by atoms with E-state index in [-0.39, 0.29) is 0 Å². The maximum atomic E-state index is 4.29. The summed E-state index contributed by atoms with van der Waals surface area (Å²) in [6, 6.07) is 0. The molecule has 94 valence electrons. The Morgan fingerprint density at radius 3 is 2.88 bits per heavy atom. The van der Waals surface area contributed by atoms with Crippen molar-refractivity contribution in [1.29, 1.82) is 0 Å². The third-order valence-electron chi connectivity index (χ3n) is 4.25. The van der Waals surface area contributed by atoms with Crippen molar-refractivity contribution in [3.8, 4) is 0 Å². The molecule has 0 bridgehead atoms. The van der Waals surface area contributed by atoms with Crippen LogP contribution in [0.5, 0.6) is 0 Å². The van der Waals surface area contributed by atoms with Gasteiger partial charge in [-0.1, -0.05) is 18.1 Å². The van der Waals surface area contributed by atoms with Crippen molar-refractivity contribution in [1.82, 2.24) is 20.3 Å². The minimum absolute atomic E-state index is 0.724. The van der Waals surface area contributed by atoms with Gasteiger partial charge in [-0.15, -0.1) is 5.10 Å². The van der Waals surface area contributed by atoms with Crippen LogP contribution in [0.15, 0.2) is 6.20 Å². The summed E-state index contributed by atoms with van der Waals surface area (Å²) in [7, 11) is 0. The number of hydrogen-bond acceptors (Lipinski definition) is 3. The van der Waals surface area contributed by atoms with Gasteiger partial charge in [0, 0.05) is 12.5 Å². The van der Waals surface area contributed by atoms with Crippen molar-refractivity contribution in [2.45, 2.75) is 51.0 Å². The molecule has 0 radical (unpaired) electrons. The highest BCUT2D eigenvalue weighted by atomic mass is 15.4. The fourth-order valence-electron chi connectivity index (χ4n) is 3.27. The monoisotopic (exact) mass is 234 g/mol. The van der Waals surface area contributed by atoms with Crippen LogP contribution in [0.2, 0.25) is 0 Å². The van der Waals surface area contributed by atoms with Crippen LogP contribution in [-0.2, 0) is 6.54 Å². The van der Waals surface area contributed by atoms with Gasteiger partial charge in [-0.25, -0.2) is 4.68 Å². The van der Waals surface area contributed by atoms with Gasteiger partial charge in [-0.2, -0.15) is 0 Å². The van der Waals surface area contributed by atoms with E-state index in [9.17, 15) is 0 Å². The first-order valence-electron chi connectivity index (χ1n) is 7.02. The lowest BCUT2D eigenvalue weighted by atomic mass is 9.99. The molecule has 2 aliphatic rings. The van der Waals surface area contributed by atoms with Gasteiger partial charge in [0.25, 0.3) is 0 Å². The van der Waals surface area contributed by atoms with Gasteiger partial charge in [0.15, 0.2) is 0 Å². The molecular formula is C13H22N4. The van der Waals surface area contributed by atoms with Crippen molar-refractivity contribution < 1.29 is 0 Å². The highest BCUT2D eigenvalue weighted by Gasteiger charge is 2.23. The lowest BCUT2D eigenvalue weighted by Gasteiger charge is -2.23. The van der Waals surface area contributed by atoms with E-state index < -0.39 is 0 Å². The Kier molecular flexibility index (Phi) is 3.41. The van der Waals surface area contributed by atoms with E-state index in [4.69, 9.17) is 0 Å². The van der Waals surface area contributed by atoms with Crippen LogP contribution in [-0.4, -0.2) is 28.1 Å². The zero-order valence-electron chi connectivity index (χ0n) is 10.4. The molecule has 3 rings (SSSR count). The van der Waals surface area contributed by atoms with Crippen LogP contribution >= 0.6 is 0 Å². The summed E-state index contributed by atoms with van der Waals surface area (Å²) in [4.78, 5) is 0. The molecule has 1 aromatic heterocycles. The molecule has 1 saturated heterocycles. The molecule has 4 nitrogen and oxygen atoms in total. The predicted molar refractivity (Wildman–Crippen MR) is 66.8 cm³/mol. The van der Waals surface area contributed by atoms with E-state index in [0.717, 1.165) is 24.9 Å². The summed E-state index contributed by atoms with van der Waals surface area (Å²) >= 11 is 0. The van der Waals surface area contributed by atoms with Crippen molar-refractivity contribution in [2.24, 2.45) is 5.92 Å². The summed E-state index contributed by atoms with van der Waals surface area (Å²) in [5.74, 6) is 1.46. The summed E-state index contributed by atoms with van der Waals surface area (Å²) in [5, 5.41) is 11.9.